The number of rotatable bonds is 0. The molecule has 21 heavy (non-hydrogen) atoms. The molecular weight excluding hydrogens is 280 g/mol. The fourth-order valence-electron chi connectivity index (χ4n) is 6.87. The summed E-state index contributed by atoms with van der Waals surface area (Å²) in [6.07, 6.45) is 11.0. The van der Waals surface area contributed by atoms with Crippen molar-refractivity contribution in [3.05, 3.63) is 0 Å². The van der Waals surface area contributed by atoms with Crippen LogP contribution in [-0.2, 0) is 4.79 Å². The van der Waals surface area contributed by atoms with Crippen molar-refractivity contribution in [3.8, 4) is 0 Å². The number of ketones is 1. The van der Waals surface area contributed by atoms with E-state index < -0.39 is 0 Å². The van der Waals surface area contributed by atoms with Gasteiger partial charge in [-0.05, 0) is 73.5 Å². The van der Waals surface area contributed by atoms with Gasteiger partial charge in [0, 0.05) is 17.7 Å². The van der Waals surface area contributed by atoms with Gasteiger partial charge in [0.1, 0.15) is 5.78 Å². The zero-order valence-corrected chi connectivity index (χ0v) is 14.3. The van der Waals surface area contributed by atoms with Crippen molar-refractivity contribution in [1.29, 1.82) is 0 Å². The van der Waals surface area contributed by atoms with Gasteiger partial charge in [-0.3, -0.25) is 4.79 Å². The largest absolute Gasteiger partial charge is 0.299 e. The summed E-state index contributed by atoms with van der Waals surface area (Å²) in [4.78, 5) is 13.0. The molecule has 1 nitrogen and oxygen atoms in total. The van der Waals surface area contributed by atoms with E-state index in [-0.39, 0.29) is 0 Å². The molecule has 0 unspecified atom stereocenters. The summed E-state index contributed by atoms with van der Waals surface area (Å²) < 4.78 is 0. The average molecular weight is 309 g/mol. The first-order valence-corrected chi connectivity index (χ1v) is 9.54. The Kier molecular flexibility index (Phi) is 3.27. The molecule has 0 aromatic rings. The molecule has 0 radical (unpaired) electrons. The lowest BCUT2D eigenvalue weighted by molar-refractivity contribution is -0.153. The van der Waals surface area contributed by atoms with E-state index in [9.17, 15) is 4.79 Å². The van der Waals surface area contributed by atoms with Gasteiger partial charge in [-0.15, -0.1) is 11.6 Å². The maximum atomic E-state index is 13.0. The van der Waals surface area contributed by atoms with E-state index in [1.165, 1.54) is 38.5 Å². The lowest BCUT2D eigenvalue weighted by Crippen LogP contribution is -2.56. The van der Waals surface area contributed by atoms with Gasteiger partial charge < -0.3 is 0 Å². The van der Waals surface area contributed by atoms with Gasteiger partial charge in [-0.1, -0.05) is 20.3 Å². The molecule has 0 saturated heterocycles. The summed E-state index contributed by atoms with van der Waals surface area (Å²) in [6.45, 7) is 4.97. The standard InChI is InChI=1S/C19H29ClO/c1-18-7-3-4-14(18)17-15(6-8-18)19(2)9-5-13(20)10-12(19)11-16(17)21/h12-15,17H,3-11H2,1-2H3/t12-,13-,14-,15+,17+,18-,19-/m1/s1. The average Bonchev–Trinajstić information content (AvgIpc) is 2.82. The fourth-order valence-corrected chi connectivity index (χ4v) is 7.19. The highest BCUT2D eigenvalue weighted by Gasteiger charge is 2.60. The van der Waals surface area contributed by atoms with Crippen molar-refractivity contribution in [3.63, 3.8) is 0 Å². The van der Waals surface area contributed by atoms with Gasteiger partial charge in [0.2, 0.25) is 0 Å². The van der Waals surface area contributed by atoms with Crippen molar-refractivity contribution in [1.82, 2.24) is 0 Å². The maximum absolute atomic E-state index is 13.0. The second-order valence-corrected chi connectivity index (χ2v) is 9.69. The molecule has 0 heterocycles. The molecule has 4 saturated carbocycles. The predicted molar refractivity (Wildman–Crippen MR) is 86.4 cm³/mol. The van der Waals surface area contributed by atoms with Crippen molar-refractivity contribution in [2.75, 3.05) is 0 Å². The molecule has 4 fully saturated rings. The highest BCUT2D eigenvalue weighted by Crippen LogP contribution is 2.65. The number of hydrogen-bond donors (Lipinski definition) is 0. The molecular formula is C19H29ClO. The molecule has 0 bridgehead atoms. The predicted octanol–water partition coefficient (Wildman–Crippen LogP) is 5.21. The van der Waals surface area contributed by atoms with Crippen molar-refractivity contribution >= 4 is 17.4 Å². The summed E-state index contributed by atoms with van der Waals surface area (Å²) in [6, 6.07) is 0. The molecule has 0 spiro atoms. The number of fused-ring (bicyclic) bond motifs is 5. The highest BCUT2D eigenvalue weighted by atomic mass is 35.5. The Labute approximate surface area is 134 Å². The molecule has 7 atom stereocenters. The number of halogens is 1. The molecule has 0 aliphatic heterocycles. The second-order valence-electron chi connectivity index (χ2n) is 9.07. The second kappa shape index (κ2) is 4.73. The van der Waals surface area contributed by atoms with E-state index in [1.807, 2.05) is 0 Å². The molecule has 0 aromatic heterocycles. The van der Waals surface area contributed by atoms with Crippen LogP contribution in [0.15, 0.2) is 0 Å². The normalized spacial score (nSPS) is 56.5. The summed E-state index contributed by atoms with van der Waals surface area (Å²) in [5.41, 5.74) is 0.873. The Bertz CT molecular complexity index is 460. The minimum Gasteiger partial charge on any atom is -0.299 e. The summed E-state index contributed by atoms with van der Waals surface area (Å²) in [7, 11) is 0. The third kappa shape index (κ3) is 1.98. The van der Waals surface area contributed by atoms with E-state index in [2.05, 4.69) is 13.8 Å². The summed E-state index contributed by atoms with van der Waals surface area (Å²) >= 11 is 6.42. The van der Waals surface area contributed by atoms with Crippen molar-refractivity contribution < 1.29 is 4.79 Å². The third-order valence-corrected chi connectivity index (χ3v) is 8.58. The Morgan fingerprint density at radius 3 is 2.67 bits per heavy atom. The van der Waals surface area contributed by atoms with Gasteiger partial charge in [-0.2, -0.15) is 0 Å². The number of alkyl halides is 1. The first-order valence-electron chi connectivity index (χ1n) is 9.11. The van der Waals surface area contributed by atoms with Gasteiger partial charge in [0.05, 0.1) is 0 Å². The van der Waals surface area contributed by atoms with Crippen LogP contribution in [0.2, 0.25) is 0 Å². The molecule has 2 heteroatoms. The molecule has 0 amide bonds. The number of Topliss-reactive ketones (excluding diaryl/α,β-unsaturated/α-hetero) is 1. The van der Waals surface area contributed by atoms with E-state index in [4.69, 9.17) is 11.6 Å². The third-order valence-electron chi connectivity index (χ3n) is 8.19. The number of hydrogen-bond acceptors (Lipinski definition) is 1. The Balaban J connectivity index is 1.69. The monoisotopic (exact) mass is 308 g/mol. The highest BCUT2D eigenvalue weighted by molar-refractivity contribution is 6.20. The van der Waals surface area contributed by atoms with Crippen LogP contribution in [0.25, 0.3) is 0 Å². The van der Waals surface area contributed by atoms with Crippen LogP contribution in [-0.4, -0.2) is 11.2 Å². The van der Waals surface area contributed by atoms with Crippen LogP contribution < -0.4 is 0 Å². The van der Waals surface area contributed by atoms with Crippen molar-refractivity contribution in [2.45, 2.75) is 77.0 Å². The lowest BCUT2D eigenvalue weighted by atomic mass is 9.45. The van der Waals surface area contributed by atoms with Crippen LogP contribution >= 0.6 is 11.6 Å². The maximum Gasteiger partial charge on any atom is 0.136 e. The quantitative estimate of drug-likeness (QED) is 0.562. The molecule has 4 rings (SSSR count). The van der Waals surface area contributed by atoms with Crippen molar-refractivity contribution in [2.24, 2.45) is 34.5 Å². The molecule has 4 aliphatic rings. The number of carbonyl (C=O) groups is 1. The first kappa shape index (κ1) is 14.5. The van der Waals surface area contributed by atoms with Gasteiger partial charge in [-0.25, -0.2) is 0 Å². The van der Waals surface area contributed by atoms with E-state index in [0.29, 0.717) is 45.7 Å². The van der Waals surface area contributed by atoms with Gasteiger partial charge >= 0.3 is 0 Å². The zero-order chi connectivity index (χ0) is 14.8. The van der Waals surface area contributed by atoms with Crippen LogP contribution in [0.1, 0.15) is 71.6 Å². The molecule has 4 aliphatic carbocycles. The van der Waals surface area contributed by atoms with Gasteiger partial charge in [0.15, 0.2) is 0 Å². The minimum absolute atomic E-state index is 0.313. The Hall–Kier alpha value is -0.0400. The smallest absolute Gasteiger partial charge is 0.136 e. The Morgan fingerprint density at radius 1 is 1.05 bits per heavy atom. The van der Waals surface area contributed by atoms with E-state index >= 15 is 0 Å². The lowest BCUT2D eigenvalue weighted by Gasteiger charge is -2.59. The zero-order valence-electron chi connectivity index (χ0n) is 13.5. The SMILES string of the molecule is C[C@]12CCC[C@@H]1[C@@H]1C(=O)C[C@H]3C[C@H](Cl)CC[C@@]3(C)[C@H]1CC2. The molecule has 118 valence electrons. The fraction of sp³-hybridized carbons (Fsp3) is 0.947. The van der Waals surface area contributed by atoms with Crippen LogP contribution in [0.5, 0.6) is 0 Å². The van der Waals surface area contributed by atoms with Gasteiger partial charge in [0.25, 0.3) is 0 Å². The minimum atomic E-state index is 0.313. The van der Waals surface area contributed by atoms with Crippen LogP contribution in [0.4, 0.5) is 0 Å². The topological polar surface area (TPSA) is 17.1 Å². The Morgan fingerprint density at radius 2 is 1.86 bits per heavy atom. The summed E-state index contributed by atoms with van der Waals surface area (Å²) in [5.74, 6) is 2.90. The van der Waals surface area contributed by atoms with Crippen LogP contribution in [0.3, 0.4) is 0 Å². The van der Waals surface area contributed by atoms with Crippen LogP contribution in [0, 0.1) is 34.5 Å². The molecule has 0 aromatic carbocycles. The summed E-state index contributed by atoms with van der Waals surface area (Å²) in [5, 5.41) is 0.313. The first-order chi connectivity index (χ1) is 9.94. The van der Waals surface area contributed by atoms with E-state index in [0.717, 1.165) is 19.3 Å². The van der Waals surface area contributed by atoms with E-state index in [1.54, 1.807) is 0 Å². The molecule has 0 N–H and O–H groups in total. The number of carbonyl (C=O) groups excluding carboxylic acids is 1.